The third-order valence-corrected chi connectivity index (χ3v) is 3.09. The number of anilines is 1. The Labute approximate surface area is 122 Å². The van der Waals surface area contributed by atoms with Crippen molar-refractivity contribution in [3.05, 3.63) is 53.3 Å². The van der Waals surface area contributed by atoms with Gasteiger partial charge in [0.1, 0.15) is 22.9 Å². The SMILES string of the molecule is COc1cccc(OC)c1C(=O)Nc1ccc(F)cc1C. The number of hydrogen-bond acceptors (Lipinski definition) is 3. The minimum Gasteiger partial charge on any atom is -0.496 e. The van der Waals surface area contributed by atoms with Gasteiger partial charge in [-0.25, -0.2) is 4.39 Å². The van der Waals surface area contributed by atoms with Crippen molar-refractivity contribution in [2.75, 3.05) is 19.5 Å². The van der Waals surface area contributed by atoms with Gasteiger partial charge < -0.3 is 14.8 Å². The number of rotatable bonds is 4. The van der Waals surface area contributed by atoms with E-state index in [4.69, 9.17) is 9.47 Å². The molecule has 2 rings (SSSR count). The van der Waals surface area contributed by atoms with E-state index in [0.717, 1.165) is 0 Å². The second kappa shape index (κ2) is 6.26. The lowest BCUT2D eigenvalue weighted by Crippen LogP contribution is -2.15. The number of methoxy groups -OCH3 is 2. The molecule has 1 amide bonds. The molecule has 0 spiro atoms. The Morgan fingerprint density at radius 2 is 1.71 bits per heavy atom. The van der Waals surface area contributed by atoms with Crippen LogP contribution in [0.25, 0.3) is 0 Å². The molecule has 0 unspecified atom stereocenters. The molecule has 5 heteroatoms. The van der Waals surface area contributed by atoms with Gasteiger partial charge in [0.2, 0.25) is 0 Å². The molecule has 0 saturated heterocycles. The zero-order chi connectivity index (χ0) is 15.4. The lowest BCUT2D eigenvalue weighted by Gasteiger charge is -2.14. The summed E-state index contributed by atoms with van der Waals surface area (Å²) in [6.45, 7) is 1.72. The summed E-state index contributed by atoms with van der Waals surface area (Å²) in [5, 5.41) is 2.74. The highest BCUT2D eigenvalue weighted by atomic mass is 19.1. The van der Waals surface area contributed by atoms with Gasteiger partial charge in [0, 0.05) is 5.69 Å². The molecule has 0 aliphatic rings. The molecule has 4 nitrogen and oxygen atoms in total. The molecule has 110 valence electrons. The molecular weight excluding hydrogens is 273 g/mol. The van der Waals surface area contributed by atoms with Gasteiger partial charge in [-0.1, -0.05) is 6.07 Å². The largest absolute Gasteiger partial charge is 0.496 e. The van der Waals surface area contributed by atoms with Crippen molar-refractivity contribution in [2.45, 2.75) is 6.92 Å². The van der Waals surface area contributed by atoms with Crippen LogP contribution in [0.5, 0.6) is 11.5 Å². The predicted molar refractivity (Wildman–Crippen MR) is 78.6 cm³/mol. The number of nitrogens with one attached hydrogen (secondary N) is 1. The number of aryl methyl sites for hydroxylation is 1. The zero-order valence-electron chi connectivity index (χ0n) is 12.1. The van der Waals surface area contributed by atoms with Gasteiger partial charge in [0.25, 0.3) is 5.91 Å². The first kappa shape index (κ1) is 14.8. The van der Waals surface area contributed by atoms with Crippen LogP contribution in [0.4, 0.5) is 10.1 Å². The number of halogens is 1. The Morgan fingerprint density at radius 3 is 2.24 bits per heavy atom. The molecule has 0 fully saturated rings. The second-order valence-corrected chi connectivity index (χ2v) is 4.45. The summed E-state index contributed by atoms with van der Waals surface area (Å²) in [5.41, 5.74) is 1.47. The van der Waals surface area contributed by atoms with Crippen LogP contribution in [0, 0.1) is 12.7 Å². The Morgan fingerprint density at radius 1 is 1.10 bits per heavy atom. The van der Waals surface area contributed by atoms with Crippen LogP contribution < -0.4 is 14.8 Å². The Balaban J connectivity index is 2.36. The van der Waals surface area contributed by atoms with Gasteiger partial charge >= 0.3 is 0 Å². The topological polar surface area (TPSA) is 47.6 Å². The van der Waals surface area contributed by atoms with E-state index in [1.165, 1.54) is 32.4 Å². The van der Waals surface area contributed by atoms with E-state index in [-0.39, 0.29) is 11.7 Å². The number of carbonyl (C=O) groups excluding carboxylic acids is 1. The maximum Gasteiger partial charge on any atom is 0.263 e. The van der Waals surface area contributed by atoms with Crippen LogP contribution in [0.2, 0.25) is 0 Å². The smallest absolute Gasteiger partial charge is 0.263 e. The standard InChI is InChI=1S/C16H16FNO3/c1-10-9-11(17)7-8-12(10)18-16(19)15-13(20-2)5-4-6-14(15)21-3/h4-9H,1-3H3,(H,18,19). The lowest BCUT2D eigenvalue weighted by atomic mass is 10.1. The molecule has 0 aromatic heterocycles. The van der Waals surface area contributed by atoms with E-state index in [2.05, 4.69) is 5.32 Å². The molecule has 0 aliphatic carbocycles. The monoisotopic (exact) mass is 289 g/mol. The third kappa shape index (κ3) is 3.13. The summed E-state index contributed by atoms with van der Waals surface area (Å²) >= 11 is 0. The first-order valence-electron chi connectivity index (χ1n) is 6.35. The van der Waals surface area contributed by atoms with Gasteiger partial charge in [0.15, 0.2) is 0 Å². The van der Waals surface area contributed by atoms with E-state index in [1.54, 1.807) is 25.1 Å². The zero-order valence-corrected chi connectivity index (χ0v) is 12.1. The Bertz CT molecular complexity index is 648. The third-order valence-electron chi connectivity index (χ3n) is 3.09. The van der Waals surface area contributed by atoms with Crippen molar-refractivity contribution in [1.82, 2.24) is 0 Å². The van der Waals surface area contributed by atoms with Gasteiger partial charge in [-0.05, 0) is 42.8 Å². The molecule has 0 aliphatic heterocycles. The summed E-state index contributed by atoms with van der Waals surface area (Å²) in [5.74, 6) is 0.0950. The van der Waals surface area contributed by atoms with Gasteiger partial charge in [0.05, 0.1) is 14.2 Å². The van der Waals surface area contributed by atoms with Crippen LogP contribution in [0.3, 0.4) is 0 Å². The quantitative estimate of drug-likeness (QED) is 0.938. The summed E-state index contributed by atoms with van der Waals surface area (Å²) in [7, 11) is 2.96. The Kier molecular flexibility index (Phi) is 4.42. The highest BCUT2D eigenvalue weighted by molar-refractivity contribution is 6.08. The Hall–Kier alpha value is -2.56. The van der Waals surface area contributed by atoms with Crippen molar-refractivity contribution in [1.29, 1.82) is 0 Å². The fourth-order valence-corrected chi connectivity index (χ4v) is 2.03. The summed E-state index contributed by atoms with van der Waals surface area (Å²) in [6, 6.07) is 9.25. The predicted octanol–water partition coefficient (Wildman–Crippen LogP) is 3.40. The molecule has 2 aromatic carbocycles. The molecule has 2 aromatic rings. The van der Waals surface area contributed by atoms with Crippen molar-refractivity contribution < 1.29 is 18.7 Å². The average Bonchev–Trinajstić information content (AvgIpc) is 2.49. The fourth-order valence-electron chi connectivity index (χ4n) is 2.03. The number of ether oxygens (including phenoxy) is 2. The van der Waals surface area contributed by atoms with Gasteiger partial charge in [-0.3, -0.25) is 4.79 Å². The number of hydrogen-bond donors (Lipinski definition) is 1. The van der Waals surface area contributed by atoms with Crippen LogP contribution >= 0.6 is 0 Å². The van der Waals surface area contributed by atoms with Crippen LogP contribution in [0.15, 0.2) is 36.4 Å². The highest BCUT2D eigenvalue weighted by Gasteiger charge is 2.18. The lowest BCUT2D eigenvalue weighted by molar-refractivity contribution is 0.102. The van der Waals surface area contributed by atoms with Crippen molar-refractivity contribution in [3.63, 3.8) is 0 Å². The van der Waals surface area contributed by atoms with E-state index in [0.29, 0.717) is 28.3 Å². The molecule has 1 N–H and O–H groups in total. The molecule has 21 heavy (non-hydrogen) atoms. The van der Waals surface area contributed by atoms with E-state index in [1.807, 2.05) is 0 Å². The van der Waals surface area contributed by atoms with Crippen LogP contribution in [-0.4, -0.2) is 20.1 Å². The minimum atomic E-state index is -0.376. The summed E-state index contributed by atoms with van der Waals surface area (Å²) in [4.78, 5) is 12.4. The maximum absolute atomic E-state index is 13.1. The normalized spacial score (nSPS) is 10.1. The fraction of sp³-hybridized carbons (Fsp3) is 0.188. The minimum absolute atomic E-state index is 0.297. The first-order chi connectivity index (χ1) is 10.1. The van der Waals surface area contributed by atoms with E-state index < -0.39 is 0 Å². The second-order valence-electron chi connectivity index (χ2n) is 4.45. The molecule has 0 bridgehead atoms. The number of amides is 1. The van der Waals surface area contributed by atoms with Gasteiger partial charge in [-0.15, -0.1) is 0 Å². The summed E-state index contributed by atoms with van der Waals surface area (Å²) in [6.07, 6.45) is 0. The summed E-state index contributed by atoms with van der Waals surface area (Å²) < 4.78 is 23.5. The van der Waals surface area contributed by atoms with Crippen molar-refractivity contribution in [3.8, 4) is 11.5 Å². The molecule has 0 saturated carbocycles. The van der Waals surface area contributed by atoms with Crippen LogP contribution in [0.1, 0.15) is 15.9 Å². The average molecular weight is 289 g/mol. The van der Waals surface area contributed by atoms with E-state index in [9.17, 15) is 9.18 Å². The highest BCUT2D eigenvalue weighted by Crippen LogP contribution is 2.29. The van der Waals surface area contributed by atoms with E-state index >= 15 is 0 Å². The van der Waals surface area contributed by atoms with Crippen molar-refractivity contribution in [2.24, 2.45) is 0 Å². The molecule has 0 radical (unpaired) electrons. The maximum atomic E-state index is 13.1. The van der Waals surface area contributed by atoms with Gasteiger partial charge in [-0.2, -0.15) is 0 Å². The first-order valence-corrected chi connectivity index (χ1v) is 6.35. The molecule has 0 heterocycles. The van der Waals surface area contributed by atoms with Crippen molar-refractivity contribution >= 4 is 11.6 Å². The molecular formula is C16H16FNO3. The number of benzene rings is 2. The number of carbonyl (C=O) groups is 1. The molecule has 0 atom stereocenters. The van der Waals surface area contributed by atoms with Crippen LogP contribution in [-0.2, 0) is 0 Å².